The van der Waals surface area contributed by atoms with Gasteiger partial charge in [-0.3, -0.25) is 4.79 Å². The summed E-state index contributed by atoms with van der Waals surface area (Å²) in [6.07, 6.45) is 1.36. The van der Waals surface area contributed by atoms with Crippen LogP contribution >= 0.6 is 0 Å². The van der Waals surface area contributed by atoms with Gasteiger partial charge in [-0.25, -0.2) is 4.79 Å². The first kappa shape index (κ1) is 16.8. The Bertz CT molecular complexity index is 850. The zero-order chi connectivity index (χ0) is 17.5. The molecule has 6 nitrogen and oxygen atoms in total. The minimum absolute atomic E-state index is 0.0799. The Kier molecular flexibility index (Phi) is 5.32. The van der Waals surface area contributed by atoms with Gasteiger partial charge in [0.15, 0.2) is 0 Å². The fourth-order valence-electron chi connectivity index (χ4n) is 2.04. The van der Waals surface area contributed by atoms with Gasteiger partial charge in [-0.2, -0.15) is 5.26 Å². The maximum atomic E-state index is 11.2. The smallest absolute Gasteiger partial charge is 0.336 e. The highest BCUT2D eigenvalue weighted by molar-refractivity contribution is 6.00. The van der Waals surface area contributed by atoms with E-state index in [0.29, 0.717) is 16.9 Å². The number of ether oxygens (including phenoxy) is 1. The molecule has 0 aliphatic heterocycles. The van der Waals surface area contributed by atoms with Gasteiger partial charge in [0.25, 0.3) is 5.91 Å². The molecule has 6 heteroatoms. The molecule has 0 unspecified atom stereocenters. The van der Waals surface area contributed by atoms with E-state index in [1.165, 1.54) is 12.1 Å². The summed E-state index contributed by atoms with van der Waals surface area (Å²) in [7, 11) is 0. The third-order valence-corrected chi connectivity index (χ3v) is 3.20. The van der Waals surface area contributed by atoms with Crippen LogP contribution in [-0.4, -0.2) is 17.0 Å². The molecule has 0 aromatic heterocycles. The Morgan fingerprint density at radius 1 is 1.21 bits per heavy atom. The molecule has 0 fully saturated rings. The first-order chi connectivity index (χ1) is 11.5. The van der Waals surface area contributed by atoms with Crippen molar-refractivity contribution in [2.75, 3.05) is 0 Å². The molecule has 0 radical (unpaired) electrons. The van der Waals surface area contributed by atoms with Crippen LogP contribution < -0.4 is 10.5 Å². The van der Waals surface area contributed by atoms with Crippen LogP contribution in [0.4, 0.5) is 0 Å². The molecule has 2 aromatic rings. The zero-order valence-corrected chi connectivity index (χ0v) is 12.6. The number of nitriles is 1. The van der Waals surface area contributed by atoms with E-state index < -0.39 is 11.9 Å². The average molecular weight is 322 g/mol. The molecule has 0 aliphatic rings. The van der Waals surface area contributed by atoms with Crippen molar-refractivity contribution < 1.29 is 19.4 Å². The largest absolute Gasteiger partial charge is 0.489 e. The van der Waals surface area contributed by atoms with E-state index in [0.717, 1.165) is 0 Å². The topological polar surface area (TPSA) is 113 Å². The minimum Gasteiger partial charge on any atom is -0.489 e. The van der Waals surface area contributed by atoms with Crippen LogP contribution in [0.2, 0.25) is 0 Å². The molecule has 0 spiro atoms. The summed E-state index contributed by atoms with van der Waals surface area (Å²) >= 11 is 0. The van der Waals surface area contributed by atoms with Gasteiger partial charge >= 0.3 is 5.97 Å². The Morgan fingerprint density at radius 2 is 1.96 bits per heavy atom. The van der Waals surface area contributed by atoms with Crippen LogP contribution in [0.25, 0.3) is 6.08 Å². The van der Waals surface area contributed by atoms with E-state index in [1.54, 1.807) is 48.5 Å². The molecular formula is C18H14N2O4. The second-order valence-corrected chi connectivity index (χ2v) is 4.86. The van der Waals surface area contributed by atoms with E-state index in [-0.39, 0.29) is 17.7 Å². The summed E-state index contributed by atoms with van der Waals surface area (Å²) in [5, 5.41) is 18.0. The maximum Gasteiger partial charge on any atom is 0.336 e. The fourth-order valence-corrected chi connectivity index (χ4v) is 2.04. The molecule has 120 valence electrons. The number of hydrogen-bond acceptors (Lipinski definition) is 4. The van der Waals surface area contributed by atoms with Gasteiger partial charge in [-0.15, -0.1) is 0 Å². The number of nitrogens with zero attached hydrogens (tertiary/aromatic N) is 1. The highest BCUT2D eigenvalue weighted by Gasteiger charge is 2.09. The molecule has 0 saturated heterocycles. The number of benzene rings is 2. The molecule has 0 atom stereocenters. The van der Waals surface area contributed by atoms with Crippen molar-refractivity contribution in [3.05, 3.63) is 70.8 Å². The maximum absolute atomic E-state index is 11.2. The lowest BCUT2D eigenvalue weighted by Crippen LogP contribution is -2.12. The first-order valence-corrected chi connectivity index (χ1v) is 6.97. The van der Waals surface area contributed by atoms with Crippen molar-refractivity contribution >= 4 is 18.0 Å². The van der Waals surface area contributed by atoms with E-state index >= 15 is 0 Å². The third kappa shape index (κ3) is 4.21. The first-order valence-electron chi connectivity index (χ1n) is 6.97. The third-order valence-electron chi connectivity index (χ3n) is 3.20. The van der Waals surface area contributed by atoms with Crippen LogP contribution in [-0.2, 0) is 11.4 Å². The number of carboxylic acids is 1. The summed E-state index contributed by atoms with van der Waals surface area (Å²) in [6, 6.07) is 15.0. The van der Waals surface area contributed by atoms with Gasteiger partial charge < -0.3 is 15.6 Å². The Balaban J connectivity index is 2.18. The van der Waals surface area contributed by atoms with Crippen molar-refractivity contribution in [1.82, 2.24) is 0 Å². The van der Waals surface area contributed by atoms with Gasteiger partial charge in [0.2, 0.25) is 0 Å². The van der Waals surface area contributed by atoms with Crippen molar-refractivity contribution in [2.24, 2.45) is 5.73 Å². The number of carbonyl (C=O) groups is 2. The van der Waals surface area contributed by atoms with E-state index in [4.69, 9.17) is 20.8 Å². The molecular weight excluding hydrogens is 308 g/mol. The second-order valence-electron chi connectivity index (χ2n) is 4.86. The molecule has 0 aliphatic carbocycles. The molecule has 0 bridgehead atoms. The van der Waals surface area contributed by atoms with E-state index in [1.807, 2.05) is 0 Å². The highest BCUT2D eigenvalue weighted by Crippen LogP contribution is 2.18. The van der Waals surface area contributed by atoms with Crippen molar-refractivity contribution in [3.8, 4) is 11.8 Å². The van der Waals surface area contributed by atoms with Crippen molar-refractivity contribution in [3.63, 3.8) is 0 Å². The number of carbonyl (C=O) groups excluding carboxylic acids is 1. The number of nitrogens with two attached hydrogens (primary N) is 1. The van der Waals surface area contributed by atoms with Gasteiger partial charge in [0.05, 0.1) is 5.56 Å². The van der Waals surface area contributed by atoms with Gasteiger partial charge in [0.1, 0.15) is 24.0 Å². The summed E-state index contributed by atoms with van der Waals surface area (Å²) in [5.41, 5.74) is 6.23. The zero-order valence-electron chi connectivity index (χ0n) is 12.6. The van der Waals surface area contributed by atoms with Gasteiger partial charge in [0, 0.05) is 5.56 Å². The molecule has 0 saturated carbocycles. The predicted molar refractivity (Wildman–Crippen MR) is 87.0 cm³/mol. The monoisotopic (exact) mass is 322 g/mol. The molecule has 24 heavy (non-hydrogen) atoms. The average Bonchev–Trinajstić information content (AvgIpc) is 2.58. The Labute approximate surface area is 138 Å². The number of aromatic carboxylic acids is 1. The van der Waals surface area contributed by atoms with Crippen LogP contribution in [0.3, 0.4) is 0 Å². The van der Waals surface area contributed by atoms with E-state index in [9.17, 15) is 9.59 Å². The van der Waals surface area contributed by atoms with Crippen LogP contribution in [0.15, 0.2) is 54.1 Å². The summed E-state index contributed by atoms with van der Waals surface area (Å²) < 4.78 is 5.61. The lowest BCUT2D eigenvalue weighted by Gasteiger charge is -2.09. The van der Waals surface area contributed by atoms with Crippen molar-refractivity contribution in [2.45, 2.75) is 6.61 Å². The Hall–Kier alpha value is -3.59. The molecule has 2 aromatic carbocycles. The SMILES string of the molecule is N#C/C(=C/c1cccc(OCc2ccccc2C(=O)O)c1)C(N)=O. The number of primary amides is 1. The summed E-state index contributed by atoms with van der Waals surface area (Å²) in [5.74, 6) is -1.35. The van der Waals surface area contributed by atoms with Crippen LogP contribution in [0.5, 0.6) is 5.75 Å². The molecule has 2 rings (SSSR count). The quantitative estimate of drug-likeness (QED) is 0.626. The lowest BCUT2D eigenvalue weighted by atomic mass is 10.1. The minimum atomic E-state index is -1.02. The predicted octanol–water partition coefficient (Wildman–Crippen LogP) is 2.36. The number of rotatable bonds is 6. The van der Waals surface area contributed by atoms with Crippen LogP contribution in [0, 0.1) is 11.3 Å². The second kappa shape index (κ2) is 7.61. The van der Waals surface area contributed by atoms with Crippen LogP contribution in [0.1, 0.15) is 21.5 Å². The highest BCUT2D eigenvalue weighted by atomic mass is 16.5. The van der Waals surface area contributed by atoms with Gasteiger partial charge in [-0.05, 0) is 29.8 Å². The summed E-state index contributed by atoms with van der Waals surface area (Å²) in [4.78, 5) is 22.2. The fraction of sp³-hybridized carbons (Fsp3) is 0.0556. The number of amides is 1. The normalized spacial score (nSPS) is 10.7. The van der Waals surface area contributed by atoms with Crippen molar-refractivity contribution in [1.29, 1.82) is 5.26 Å². The Morgan fingerprint density at radius 3 is 2.62 bits per heavy atom. The standard InChI is InChI=1S/C18H14N2O4/c19-10-14(17(20)21)8-12-4-3-6-15(9-12)24-11-13-5-1-2-7-16(13)18(22)23/h1-9H,11H2,(H2,20,21)(H,22,23)/b14-8-. The number of carboxylic acid groups (broad SMARTS) is 1. The molecule has 3 N–H and O–H groups in total. The molecule has 0 heterocycles. The van der Waals surface area contributed by atoms with Gasteiger partial charge in [-0.1, -0.05) is 30.3 Å². The van der Waals surface area contributed by atoms with E-state index in [2.05, 4.69) is 0 Å². The lowest BCUT2D eigenvalue weighted by molar-refractivity contribution is -0.114. The summed E-state index contributed by atoms with van der Waals surface area (Å²) in [6.45, 7) is 0.0799. The molecule has 1 amide bonds. The number of hydrogen-bond donors (Lipinski definition) is 2.